The molecule has 0 aliphatic rings. The van der Waals surface area contributed by atoms with E-state index < -0.39 is 0 Å². The van der Waals surface area contributed by atoms with Crippen molar-refractivity contribution in [3.63, 3.8) is 0 Å². The molecule has 0 N–H and O–H groups in total. The molecule has 0 bridgehead atoms. The average Bonchev–Trinajstić information content (AvgIpc) is 2.38. The first-order valence-electron chi connectivity index (χ1n) is 5.88. The predicted molar refractivity (Wildman–Crippen MR) is 69.9 cm³/mol. The van der Waals surface area contributed by atoms with Crippen molar-refractivity contribution in [3.05, 3.63) is 59.9 Å². The number of carbonyl (C=O) groups excluding carboxylic acids is 1. The second kappa shape index (κ2) is 5.45. The molecule has 2 aromatic rings. The molecule has 0 fully saturated rings. The van der Waals surface area contributed by atoms with Crippen molar-refractivity contribution in [1.82, 2.24) is 4.98 Å². The normalized spacial score (nSPS) is 10.4. The van der Waals surface area contributed by atoms with Crippen molar-refractivity contribution in [2.45, 2.75) is 20.0 Å². The van der Waals surface area contributed by atoms with Gasteiger partial charge in [0.25, 0.3) is 0 Å². The van der Waals surface area contributed by atoms with E-state index in [0.29, 0.717) is 16.9 Å². The summed E-state index contributed by atoms with van der Waals surface area (Å²) in [6.45, 7) is 3.91. The Kier molecular flexibility index (Phi) is 3.72. The van der Waals surface area contributed by atoms with Crippen LogP contribution in [0.25, 0.3) is 0 Å². The molecule has 0 spiro atoms. The van der Waals surface area contributed by atoms with Crippen LogP contribution in [0, 0.1) is 0 Å². The Bertz CT molecular complexity index is 535. The van der Waals surface area contributed by atoms with Gasteiger partial charge >= 0.3 is 0 Å². The number of ketones is 1. The highest BCUT2D eigenvalue weighted by Gasteiger charge is 2.10. The number of benzene rings is 1. The zero-order chi connectivity index (χ0) is 13.0. The monoisotopic (exact) mass is 241 g/mol. The van der Waals surface area contributed by atoms with Gasteiger partial charge in [-0.15, -0.1) is 0 Å². The molecule has 1 aromatic carbocycles. The maximum Gasteiger partial charge on any atom is 0.194 e. The standard InChI is InChI=1S/C15H15NO2/c1-11(2)18-14-7-3-5-12(9-14)15(17)13-6-4-8-16-10-13/h3-11H,1-2H3. The molecule has 2 rings (SSSR count). The van der Waals surface area contributed by atoms with E-state index in [0.717, 1.165) is 0 Å². The van der Waals surface area contributed by atoms with Gasteiger partial charge in [-0.3, -0.25) is 9.78 Å². The van der Waals surface area contributed by atoms with Gasteiger partial charge in [0.05, 0.1) is 6.10 Å². The van der Waals surface area contributed by atoms with E-state index in [-0.39, 0.29) is 11.9 Å². The van der Waals surface area contributed by atoms with Crippen LogP contribution in [-0.2, 0) is 0 Å². The van der Waals surface area contributed by atoms with Crippen LogP contribution in [0.1, 0.15) is 29.8 Å². The lowest BCUT2D eigenvalue weighted by atomic mass is 10.1. The third kappa shape index (κ3) is 2.94. The molecule has 0 unspecified atom stereocenters. The fraction of sp³-hybridized carbons (Fsp3) is 0.200. The molecule has 3 heteroatoms. The summed E-state index contributed by atoms with van der Waals surface area (Å²) in [5, 5.41) is 0. The van der Waals surface area contributed by atoms with Crippen molar-refractivity contribution in [3.8, 4) is 5.75 Å². The average molecular weight is 241 g/mol. The fourth-order valence-electron chi connectivity index (χ4n) is 1.65. The SMILES string of the molecule is CC(C)Oc1cccc(C(=O)c2cccnc2)c1. The largest absolute Gasteiger partial charge is 0.491 e. The Morgan fingerprint density at radius 1 is 1.17 bits per heavy atom. The third-order valence-electron chi connectivity index (χ3n) is 2.39. The van der Waals surface area contributed by atoms with Crippen molar-refractivity contribution >= 4 is 5.78 Å². The summed E-state index contributed by atoms with van der Waals surface area (Å²) in [5.41, 5.74) is 1.19. The minimum atomic E-state index is -0.0442. The minimum Gasteiger partial charge on any atom is -0.491 e. The summed E-state index contributed by atoms with van der Waals surface area (Å²) in [5.74, 6) is 0.664. The quantitative estimate of drug-likeness (QED) is 0.772. The Morgan fingerprint density at radius 3 is 2.61 bits per heavy atom. The summed E-state index contributed by atoms with van der Waals surface area (Å²) in [6, 6.07) is 10.7. The Labute approximate surface area is 106 Å². The van der Waals surface area contributed by atoms with Crippen LogP contribution in [0.5, 0.6) is 5.75 Å². The molecule has 3 nitrogen and oxygen atoms in total. The topological polar surface area (TPSA) is 39.2 Å². The lowest BCUT2D eigenvalue weighted by Crippen LogP contribution is -2.07. The molecule has 0 radical (unpaired) electrons. The fourth-order valence-corrected chi connectivity index (χ4v) is 1.65. The summed E-state index contributed by atoms with van der Waals surface area (Å²) in [7, 11) is 0. The molecule has 0 saturated carbocycles. The van der Waals surface area contributed by atoms with Gasteiger partial charge in [0.15, 0.2) is 5.78 Å². The molecular formula is C15H15NO2. The van der Waals surface area contributed by atoms with E-state index in [9.17, 15) is 4.79 Å². The van der Waals surface area contributed by atoms with Gasteiger partial charge in [0, 0.05) is 23.5 Å². The van der Waals surface area contributed by atoms with Crippen LogP contribution in [-0.4, -0.2) is 16.9 Å². The number of ether oxygens (including phenoxy) is 1. The van der Waals surface area contributed by atoms with Crippen molar-refractivity contribution < 1.29 is 9.53 Å². The highest BCUT2D eigenvalue weighted by atomic mass is 16.5. The van der Waals surface area contributed by atoms with Crippen LogP contribution in [0.15, 0.2) is 48.8 Å². The third-order valence-corrected chi connectivity index (χ3v) is 2.39. The summed E-state index contributed by atoms with van der Waals surface area (Å²) in [6.07, 6.45) is 3.31. The zero-order valence-electron chi connectivity index (χ0n) is 10.5. The van der Waals surface area contributed by atoms with Crippen molar-refractivity contribution in [1.29, 1.82) is 0 Å². The van der Waals surface area contributed by atoms with Gasteiger partial charge in [-0.2, -0.15) is 0 Å². The Morgan fingerprint density at radius 2 is 1.94 bits per heavy atom. The zero-order valence-corrected chi connectivity index (χ0v) is 10.5. The summed E-state index contributed by atoms with van der Waals surface area (Å²) in [4.78, 5) is 16.1. The minimum absolute atomic E-state index is 0.0442. The van der Waals surface area contributed by atoms with Gasteiger partial charge < -0.3 is 4.74 Å². The lowest BCUT2D eigenvalue weighted by molar-refractivity contribution is 0.103. The van der Waals surface area contributed by atoms with Gasteiger partial charge in [0.1, 0.15) is 5.75 Å². The number of carbonyl (C=O) groups is 1. The maximum absolute atomic E-state index is 12.2. The van der Waals surface area contributed by atoms with Gasteiger partial charge in [-0.05, 0) is 38.1 Å². The highest BCUT2D eigenvalue weighted by Crippen LogP contribution is 2.17. The number of hydrogen-bond donors (Lipinski definition) is 0. The molecular weight excluding hydrogens is 226 g/mol. The van der Waals surface area contributed by atoms with E-state index in [1.165, 1.54) is 0 Å². The first-order valence-corrected chi connectivity index (χ1v) is 5.88. The maximum atomic E-state index is 12.2. The molecule has 1 heterocycles. The molecule has 18 heavy (non-hydrogen) atoms. The molecule has 1 aromatic heterocycles. The van der Waals surface area contributed by atoms with E-state index in [1.807, 2.05) is 26.0 Å². The number of pyridine rings is 1. The van der Waals surface area contributed by atoms with E-state index in [2.05, 4.69) is 4.98 Å². The molecule has 0 aliphatic carbocycles. The van der Waals surface area contributed by atoms with E-state index >= 15 is 0 Å². The highest BCUT2D eigenvalue weighted by molar-refractivity contribution is 6.08. The van der Waals surface area contributed by atoms with Gasteiger partial charge in [0.2, 0.25) is 0 Å². The molecule has 0 amide bonds. The number of hydrogen-bond acceptors (Lipinski definition) is 3. The lowest BCUT2D eigenvalue weighted by Gasteiger charge is -2.10. The Hall–Kier alpha value is -2.16. The van der Waals surface area contributed by atoms with Crippen LogP contribution in [0.4, 0.5) is 0 Å². The van der Waals surface area contributed by atoms with Crippen LogP contribution in [0.3, 0.4) is 0 Å². The van der Waals surface area contributed by atoms with Crippen LogP contribution >= 0.6 is 0 Å². The summed E-state index contributed by atoms with van der Waals surface area (Å²) >= 11 is 0. The number of nitrogens with zero attached hydrogens (tertiary/aromatic N) is 1. The van der Waals surface area contributed by atoms with Crippen LogP contribution < -0.4 is 4.74 Å². The van der Waals surface area contributed by atoms with Crippen molar-refractivity contribution in [2.75, 3.05) is 0 Å². The van der Waals surface area contributed by atoms with E-state index in [1.54, 1.807) is 36.7 Å². The van der Waals surface area contributed by atoms with E-state index in [4.69, 9.17) is 4.74 Å². The van der Waals surface area contributed by atoms with Crippen molar-refractivity contribution in [2.24, 2.45) is 0 Å². The van der Waals surface area contributed by atoms with Gasteiger partial charge in [-0.25, -0.2) is 0 Å². The molecule has 0 saturated heterocycles. The summed E-state index contributed by atoms with van der Waals surface area (Å²) < 4.78 is 5.57. The second-order valence-corrected chi connectivity index (χ2v) is 4.27. The van der Waals surface area contributed by atoms with Gasteiger partial charge in [-0.1, -0.05) is 12.1 Å². The predicted octanol–water partition coefficient (Wildman–Crippen LogP) is 3.10. The molecule has 0 atom stereocenters. The van der Waals surface area contributed by atoms with Crippen LogP contribution in [0.2, 0.25) is 0 Å². The first kappa shape index (κ1) is 12.3. The first-order chi connectivity index (χ1) is 8.66. The second-order valence-electron chi connectivity index (χ2n) is 4.27. The smallest absolute Gasteiger partial charge is 0.194 e. The molecule has 0 aliphatic heterocycles. The number of aromatic nitrogens is 1. The Balaban J connectivity index is 2.26. The number of rotatable bonds is 4. The molecule has 92 valence electrons.